The van der Waals surface area contributed by atoms with Gasteiger partial charge in [-0.3, -0.25) is 0 Å². The molecule has 2 aromatic carbocycles. The maximum atomic E-state index is 11.8. The Kier molecular flexibility index (Phi) is 5.40. The average molecular weight is 316 g/mol. The average Bonchev–Trinajstić information content (AvgIpc) is 2.53. The Morgan fingerprint density at radius 1 is 1.23 bits per heavy atom. The number of nitrogens with zero attached hydrogens (tertiary/aromatic N) is 1. The number of rotatable bonds is 5. The van der Waals surface area contributed by atoms with Gasteiger partial charge in [0.1, 0.15) is 17.9 Å². The van der Waals surface area contributed by atoms with Gasteiger partial charge in [0.25, 0.3) is 0 Å². The van der Waals surface area contributed by atoms with E-state index in [9.17, 15) is 4.79 Å². The number of hydrogen-bond donors (Lipinski definition) is 0. The lowest BCUT2D eigenvalue weighted by Crippen LogP contribution is -2.17. The second kappa shape index (κ2) is 7.48. The van der Waals surface area contributed by atoms with Gasteiger partial charge in [-0.1, -0.05) is 41.9 Å². The minimum atomic E-state index is -0.528. The summed E-state index contributed by atoms with van der Waals surface area (Å²) in [5.74, 6) is -0.174. The fraction of sp³-hybridized carbons (Fsp3) is 0.176. The van der Waals surface area contributed by atoms with Crippen molar-refractivity contribution < 1.29 is 14.3 Å². The zero-order valence-electron chi connectivity index (χ0n) is 12.0. The highest BCUT2D eigenvalue weighted by atomic mass is 35.5. The van der Waals surface area contributed by atoms with Gasteiger partial charge in [0.2, 0.25) is 0 Å². The summed E-state index contributed by atoms with van der Waals surface area (Å²) in [7, 11) is 0. The van der Waals surface area contributed by atoms with E-state index >= 15 is 0 Å². The van der Waals surface area contributed by atoms with Crippen LogP contribution in [0.4, 0.5) is 0 Å². The second-order valence-corrected chi connectivity index (χ2v) is 4.96. The first-order valence-electron chi connectivity index (χ1n) is 6.67. The van der Waals surface area contributed by atoms with Crippen LogP contribution in [0, 0.1) is 11.3 Å². The number of ether oxygens (including phenoxy) is 2. The van der Waals surface area contributed by atoms with Crippen molar-refractivity contribution in [3.8, 4) is 11.8 Å². The fourth-order valence-corrected chi connectivity index (χ4v) is 2.21. The third-order valence-corrected chi connectivity index (χ3v) is 3.35. The van der Waals surface area contributed by atoms with Gasteiger partial charge in [0, 0.05) is 10.6 Å². The van der Waals surface area contributed by atoms with E-state index in [0.717, 1.165) is 5.56 Å². The predicted molar refractivity (Wildman–Crippen MR) is 82.6 cm³/mol. The van der Waals surface area contributed by atoms with E-state index in [1.54, 1.807) is 43.3 Å². The lowest BCUT2D eigenvalue weighted by Gasteiger charge is -2.15. The first-order valence-corrected chi connectivity index (χ1v) is 7.05. The molecule has 4 nitrogen and oxygen atoms in total. The van der Waals surface area contributed by atoms with Crippen LogP contribution in [0.2, 0.25) is 5.02 Å². The van der Waals surface area contributed by atoms with Crippen molar-refractivity contribution in [2.75, 3.05) is 6.61 Å². The minimum Gasteiger partial charge on any atom is -0.481 e. The second-order valence-electron chi connectivity index (χ2n) is 4.55. The summed E-state index contributed by atoms with van der Waals surface area (Å²) in [6.07, 6.45) is -0.476. The number of halogens is 1. The molecule has 0 aromatic heterocycles. The van der Waals surface area contributed by atoms with Gasteiger partial charge in [0.15, 0.2) is 6.61 Å². The van der Waals surface area contributed by atoms with Gasteiger partial charge in [-0.2, -0.15) is 5.26 Å². The van der Waals surface area contributed by atoms with Crippen molar-refractivity contribution in [1.82, 2.24) is 0 Å². The molecule has 1 atom stereocenters. The summed E-state index contributed by atoms with van der Waals surface area (Å²) in [6, 6.07) is 15.9. The highest BCUT2D eigenvalue weighted by Gasteiger charge is 2.15. The van der Waals surface area contributed by atoms with Crippen molar-refractivity contribution in [3.05, 3.63) is 64.7 Å². The van der Waals surface area contributed by atoms with Crippen LogP contribution in [0.5, 0.6) is 5.75 Å². The largest absolute Gasteiger partial charge is 0.481 e. The smallest absolute Gasteiger partial charge is 0.344 e. The Balaban J connectivity index is 1.94. The monoisotopic (exact) mass is 315 g/mol. The van der Waals surface area contributed by atoms with E-state index in [4.69, 9.17) is 26.3 Å². The van der Waals surface area contributed by atoms with Gasteiger partial charge < -0.3 is 9.47 Å². The van der Waals surface area contributed by atoms with Crippen molar-refractivity contribution in [3.63, 3.8) is 0 Å². The lowest BCUT2D eigenvalue weighted by atomic mass is 10.1. The Labute approximate surface area is 133 Å². The van der Waals surface area contributed by atoms with E-state index in [1.807, 2.05) is 18.2 Å². The molecule has 0 unspecified atom stereocenters. The normalized spacial score (nSPS) is 11.3. The number of esters is 1. The van der Waals surface area contributed by atoms with Gasteiger partial charge in [0.05, 0.1) is 5.56 Å². The van der Waals surface area contributed by atoms with E-state index in [1.165, 1.54) is 0 Å². The zero-order valence-corrected chi connectivity index (χ0v) is 12.7. The molecule has 0 aliphatic carbocycles. The van der Waals surface area contributed by atoms with Gasteiger partial charge >= 0.3 is 5.97 Å². The summed E-state index contributed by atoms with van der Waals surface area (Å²) in [4.78, 5) is 11.8. The molecule has 0 radical (unpaired) electrons. The van der Waals surface area contributed by atoms with Crippen LogP contribution in [0.1, 0.15) is 24.2 Å². The molecule has 0 amide bonds. The first kappa shape index (κ1) is 15.9. The van der Waals surface area contributed by atoms with Gasteiger partial charge in [-0.05, 0) is 25.1 Å². The molecular weight excluding hydrogens is 302 g/mol. The summed E-state index contributed by atoms with van der Waals surface area (Å²) < 4.78 is 10.6. The van der Waals surface area contributed by atoms with Crippen LogP contribution in [0.3, 0.4) is 0 Å². The molecule has 0 aliphatic heterocycles. The van der Waals surface area contributed by atoms with Crippen molar-refractivity contribution >= 4 is 17.6 Å². The van der Waals surface area contributed by atoms with Crippen LogP contribution < -0.4 is 4.74 Å². The number of para-hydroxylation sites is 1. The molecule has 0 aliphatic rings. The summed E-state index contributed by atoms with van der Waals surface area (Å²) >= 11 is 6.06. The summed E-state index contributed by atoms with van der Waals surface area (Å²) in [5, 5.41) is 9.49. The predicted octanol–water partition coefficient (Wildman–Crippen LogP) is 3.89. The highest BCUT2D eigenvalue weighted by molar-refractivity contribution is 6.31. The standard InChI is InChI=1S/C17H14ClNO3/c1-12(14-7-3-4-8-15(14)18)22-17(20)11-21-16-9-5-2-6-13(16)10-19/h2-9,12H,11H2,1H3/t12-/m1/s1. The SMILES string of the molecule is C[C@@H](OC(=O)COc1ccccc1C#N)c1ccccc1Cl. The lowest BCUT2D eigenvalue weighted by molar-refractivity contribution is -0.151. The van der Waals surface area contributed by atoms with Crippen LogP contribution in [0.15, 0.2) is 48.5 Å². The van der Waals surface area contributed by atoms with E-state index in [2.05, 4.69) is 0 Å². The molecule has 5 heteroatoms. The Bertz CT molecular complexity index is 709. The number of benzene rings is 2. The third-order valence-electron chi connectivity index (χ3n) is 3.00. The van der Waals surface area contributed by atoms with Crippen molar-refractivity contribution in [2.45, 2.75) is 13.0 Å². The van der Waals surface area contributed by atoms with Crippen molar-refractivity contribution in [2.24, 2.45) is 0 Å². The molecule has 0 saturated carbocycles. The third kappa shape index (κ3) is 4.00. The zero-order chi connectivity index (χ0) is 15.9. The molecular formula is C17H14ClNO3. The maximum Gasteiger partial charge on any atom is 0.344 e. The molecule has 2 aromatic rings. The topological polar surface area (TPSA) is 59.3 Å². The molecule has 0 fully saturated rings. The minimum absolute atomic E-state index is 0.270. The number of hydrogen-bond acceptors (Lipinski definition) is 4. The molecule has 0 saturated heterocycles. The fourth-order valence-electron chi connectivity index (χ4n) is 1.92. The quantitative estimate of drug-likeness (QED) is 0.785. The Morgan fingerprint density at radius 3 is 2.64 bits per heavy atom. The first-order chi connectivity index (χ1) is 10.6. The summed E-state index contributed by atoms with van der Waals surface area (Å²) in [5.41, 5.74) is 1.10. The number of carbonyl (C=O) groups is 1. The molecule has 0 spiro atoms. The number of carbonyl (C=O) groups excluding carboxylic acids is 1. The Hall–Kier alpha value is -2.51. The maximum absolute atomic E-state index is 11.8. The van der Waals surface area contributed by atoms with Gasteiger partial charge in [-0.25, -0.2) is 4.79 Å². The van der Waals surface area contributed by atoms with Gasteiger partial charge in [-0.15, -0.1) is 0 Å². The Morgan fingerprint density at radius 2 is 1.91 bits per heavy atom. The molecule has 0 N–H and O–H groups in total. The number of nitriles is 1. The van der Waals surface area contributed by atoms with Crippen LogP contribution in [0.25, 0.3) is 0 Å². The van der Waals surface area contributed by atoms with Crippen LogP contribution in [-0.4, -0.2) is 12.6 Å². The summed E-state index contributed by atoms with van der Waals surface area (Å²) in [6.45, 7) is 1.47. The molecule has 22 heavy (non-hydrogen) atoms. The molecule has 0 heterocycles. The highest BCUT2D eigenvalue weighted by Crippen LogP contribution is 2.25. The van der Waals surface area contributed by atoms with E-state index in [0.29, 0.717) is 16.3 Å². The molecule has 2 rings (SSSR count). The molecule has 112 valence electrons. The van der Waals surface area contributed by atoms with E-state index < -0.39 is 12.1 Å². The van der Waals surface area contributed by atoms with Crippen LogP contribution >= 0.6 is 11.6 Å². The van der Waals surface area contributed by atoms with Crippen LogP contribution in [-0.2, 0) is 9.53 Å². The van der Waals surface area contributed by atoms with Crippen molar-refractivity contribution in [1.29, 1.82) is 5.26 Å². The van der Waals surface area contributed by atoms with E-state index in [-0.39, 0.29) is 6.61 Å². The molecule has 0 bridgehead atoms.